The number of aromatic nitrogens is 1. The molecule has 20 heavy (non-hydrogen) atoms. The molecule has 4 heteroatoms. The molecule has 0 saturated heterocycles. The zero-order valence-electron chi connectivity index (χ0n) is 11.4. The predicted molar refractivity (Wildman–Crippen MR) is 80.3 cm³/mol. The van der Waals surface area contributed by atoms with Gasteiger partial charge in [0.2, 0.25) is 0 Å². The number of halogens is 1. The topological polar surface area (TPSA) is 48.1 Å². The summed E-state index contributed by atoms with van der Waals surface area (Å²) >= 11 is 6.17. The van der Waals surface area contributed by atoms with Crippen molar-refractivity contribution in [3.05, 3.63) is 57.9 Å². The molecule has 0 spiro atoms. The summed E-state index contributed by atoms with van der Waals surface area (Å²) in [4.78, 5) is 4.29. The van der Waals surface area contributed by atoms with E-state index in [4.69, 9.17) is 22.1 Å². The van der Waals surface area contributed by atoms with E-state index in [-0.39, 0.29) is 6.04 Å². The summed E-state index contributed by atoms with van der Waals surface area (Å²) in [7, 11) is 0. The van der Waals surface area contributed by atoms with Gasteiger partial charge >= 0.3 is 0 Å². The number of nitrogens with two attached hydrogens (primary N) is 1. The third kappa shape index (κ3) is 2.65. The van der Waals surface area contributed by atoms with Crippen molar-refractivity contribution in [2.24, 2.45) is 5.73 Å². The van der Waals surface area contributed by atoms with E-state index in [9.17, 15) is 0 Å². The first-order valence-corrected chi connectivity index (χ1v) is 7.13. The standard InChI is InChI=1S/C16H17ClN2O/c1-10-2-3-12(9-19-10)15(18)8-13-7-14(17)6-11-4-5-20-16(11)13/h2-3,6-7,9,15H,4-5,8,18H2,1H3. The Kier molecular flexibility index (Phi) is 3.64. The maximum atomic E-state index is 6.28. The highest BCUT2D eigenvalue weighted by molar-refractivity contribution is 6.30. The zero-order valence-corrected chi connectivity index (χ0v) is 12.2. The molecule has 2 aromatic rings. The zero-order chi connectivity index (χ0) is 14.1. The normalized spacial score (nSPS) is 14.8. The van der Waals surface area contributed by atoms with Gasteiger partial charge in [-0.05, 0) is 48.2 Å². The van der Waals surface area contributed by atoms with Gasteiger partial charge in [0.1, 0.15) is 5.75 Å². The van der Waals surface area contributed by atoms with Crippen LogP contribution in [0.3, 0.4) is 0 Å². The van der Waals surface area contributed by atoms with E-state index in [1.54, 1.807) is 0 Å². The van der Waals surface area contributed by atoms with Gasteiger partial charge in [-0.1, -0.05) is 17.7 Å². The lowest BCUT2D eigenvalue weighted by Gasteiger charge is -2.15. The Labute approximate surface area is 123 Å². The molecule has 3 rings (SSSR count). The minimum absolute atomic E-state index is 0.102. The Morgan fingerprint density at radius 3 is 3.00 bits per heavy atom. The molecule has 1 aliphatic rings. The molecule has 3 nitrogen and oxygen atoms in total. The number of nitrogens with zero attached hydrogens (tertiary/aromatic N) is 1. The fraction of sp³-hybridized carbons (Fsp3) is 0.312. The molecule has 2 N–H and O–H groups in total. The number of rotatable bonds is 3. The van der Waals surface area contributed by atoms with Crippen LogP contribution in [0.15, 0.2) is 30.5 Å². The van der Waals surface area contributed by atoms with Gasteiger partial charge in [-0.15, -0.1) is 0 Å². The van der Waals surface area contributed by atoms with Gasteiger partial charge in [0, 0.05) is 29.4 Å². The van der Waals surface area contributed by atoms with E-state index < -0.39 is 0 Å². The predicted octanol–water partition coefficient (Wildman–Crippen LogP) is 3.22. The molecule has 1 unspecified atom stereocenters. The first-order chi connectivity index (χ1) is 9.63. The average molecular weight is 289 g/mol. The smallest absolute Gasteiger partial charge is 0.125 e. The molecule has 1 aromatic heterocycles. The monoisotopic (exact) mass is 288 g/mol. The van der Waals surface area contributed by atoms with Crippen molar-refractivity contribution in [3.8, 4) is 5.75 Å². The second kappa shape index (κ2) is 5.43. The molecule has 0 bridgehead atoms. The molecule has 0 aliphatic carbocycles. The van der Waals surface area contributed by atoms with Gasteiger partial charge in [0.25, 0.3) is 0 Å². The van der Waals surface area contributed by atoms with Crippen molar-refractivity contribution in [2.45, 2.75) is 25.8 Å². The maximum absolute atomic E-state index is 6.28. The van der Waals surface area contributed by atoms with E-state index in [1.807, 2.05) is 37.4 Å². The van der Waals surface area contributed by atoms with Crippen LogP contribution in [-0.4, -0.2) is 11.6 Å². The van der Waals surface area contributed by atoms with Crippen LogP contribution in [0.25, 0.3) is 0 Å². The van der Waals surface area contributed by atoms with Crippen LogP contribution in [0.4, 0.5) is 0 Å². The van der Waals surface area contributed by atoms with E-state index in [1.165, 1.54) is 5.56 Å². The lowest BCUT2D eigenvalue weighted by atomic mass is 9.98. The van der Waals surface area contributed by atoms with Crippen LogP contribution in [0, 0.1) is 6.92 Å². The molecule has 0 radical (unpaired) electrons. The number of fused-ring (bicyclic) bond motifs is 1. The lowest BCUT2D eigenvalue weighted by Crippen LogP contribution is -2.14. The first-order valence-electron chi connectivity index (χ1n) is 6.76. The van der Waals surface area contributed by atoms with E-state index in [2.05, 4.69) is 4.98 Å². The summed E-state index contributed by atoms with van der Waals surface area (Å²) in [6.45, 7) is 2.69. The summed E-state index contributed by atoms with van der Waals surface area (Å²) in [5.41, 5.74) is 10.6. The van der Waals surface area contributed by atoms with Gasteiger partial charge in [-0.25, -0.2) is 0 Å². The second-order valence-corrected chi connectivity index (χ2v) is 5.63. The molecular weight excluding hydrogens is 272 g/mol. The third-order valence-electron chi connectivity index (χ3n) is 3.63. The van der Waals surface area contributed by atoms with Crippen LogP contribution >= 0.6 is 11.6 Å². The van der Waals surface area contributed by atoms with E-state index in [0.29, 0.717) is 6.42 Å². The highest BCUT2D eigenvalue weighted by Gasteiger charge is 2.19. The van der Waals surface area contributed by atoms with Gasteiger partial charge < -0.3 is 10.5 Å². The van der Waals surface area contributed by atoms with Crippen molar-refractivity contribution >= 4 is 11.6 Å². The summed E-state index contributed by atoms with van der Waals surface area (Å²) in [6.07, 6.45) is 3.46. The number of hydrogen-bond acceptors (Lipinski definition) is 3. The summed E-state index contributed by atoms with van der Waals surface area (Å²) < 4.78 is 5.71. The fourth-order valence-electron chi connectivity index (χ4n) is 2.55. The highest BCUT2D eigenvalue weighted by Crippen LogP contribution is 2.34. The SMILES string of the molecule is Cc1ccc(C(N)Cc2cc(Cl)cc3c2OCC3)cn1. The molecule has 1 atom stereocenters. The number of hydrogen-bond donors (Lipinski definition) is 1. The second-order valence-electron chi connectivity index (χ2n) is 5.20. The minimum atomic E-state index is -0.102. The van der Waals surface area contributed by atoms with Crippen molar-refractivity contribution in [2.75, 3.05) is 6.61 Å². The largest absolute Gasteiger partial charge is 0.493 e. The maximum Gasteiger partial charge on any atom is 0.125 e. The molecule has 0 saturated carbocycles. The third-order valence-corrected chi connectivity index (χ3v) is 3.85. The molecule has 1 aliphatic heterocycles. The van der Waals surface area contributed by atoms with Crippen molar-refractivity contribution in [1.29, 1.82) is 0 Å². The van der Waals surface area contributed by atoms with Gasteiger partial charge in [0.15, 0.2) is 0 Å². The summed E-state index contributed by atoms with van der Waals surface area (Å²) in [5.74, 6) is 0.963. The van der Waals surface area contributed by atoms with Crippen molar-refractivity contribution in [3.63, 3.8) is 0 Å². The van der Waals surface area contributed by atoms with Crippen LogP contribution < -0.4 is 10.5 Å². The average Bonchev–Trinajstić information content (AvgIpc) is 2.87. The van der Waals surface area contributed by atoms with Crippen molar-refractivity contribution < 1.29 is 4.74 Å². The van der Waals surface area contributed by atoms with Crippen molar-refractivity contribution in [1.82, 2.24) is 4.98 Å². The minimum Gasteiger partial charge on any atom is -0.493 e. The van der Waals surface area contributed by atoms with Gasteiger partial charge in [0.05, 0.1) is 6.61 Å². The van der Waals surface area contributed by atoms with Crippen LogP contribution in [0.2, 0.25) is 5.02 Å². The van der Waals surface area contributed by atoms with E-state index >= 15 is 0 Å². The number of ether oxygens (including phenoxy) is 1. The fourth-order valence-corrected chi connectivity index (χ4v) is 2.81. The number of aryl methyl sites for hydroxylation is 1. The Morgan fingerprint density at radius 2 is 2.25 bits per heavy atom. The summed E-state index contributed by atoms with van der Waals surface area (Å²) in [6, 6.07) is 7.83. The molecule has 2 heterocycles. The number of pyridine rings is 1. The molecular formula is C16H17ClN2O. The van der Waals surface area contributed by atoms with Crippen LogP contribution in [-0.2, 0) is 12.8 Å². The Hall–Kier alpha value is -1.58. The molecule has 0 amide bonds. The quantitative estimate of drug-likeness (QED) is 0.943. The van der Waals surface area contributed by atoms with Gasteiger partial charge in [-0.3, -0.25) is 4.98 Å². The van der Waals surface area contributed by atoms with Crippen LogP contribution in [0.1, 0.15) is 28.4 Å². The Bertz CT molecular complexity index is 625. The highest BCUT2D eigenvalue weighted by atomic mass is 35.5. The molecule has 104 valence electrons. The van der Waals surface area contributed by atoms with Crippen LogP contribution in [0.5, 0.6) is 5.75 Å². The number of benzene rings is 1. The Morgan fingerprint density at radius 1 is 1.40 bits per heavy atom. The first kappa shape index (κ1) is 13.4. The molecule has 0 fully saturated rings. The van der Waals surface area contributed by atoms with E-state index in [0.717, 1.165) is 40.6 Å². The summed E-state index contributed by atoms with van der Waals surface area (Å²) in [5, 5.41) is 0.749. The van der Waals surface area contributed by atoms with Gasteiger partial charge in [-0.2, -0.15) is 0 Å². The molecule has 1 aromatic carbocycles. The Balaban J connectivity index is 1.86. The lowest BCUT2D eigenvalue weighted by molar-refractivity contribution is 0.352.